The predicted molar refractivity (Wildman–Crippen MR) is 353 cm³/mol. The van der Waals surface area contributed by atoms with Crippen LogP contribution in [0.4, 0.5) is 0 Å². The Morgan fingerprint density at radius 3 is 0.790 bits per heavy atom. The van der Waals surface area contributed by atoms with E-state index in [0.717, 1.165) is 89.9 Å². The Morgan fingerprint density at radius 1 is 0.259 bits per heavy atom. The Balaban J connectivity index is 4.35. The smallest absolute Gasteiger partial charge is 0.306 e. The standard InChI is InChI=1S/C75H132O6/c1-4-7-10-13-16-19-22-25-28-31-34-35-36-37-38-39-42-44-47-50-53-56-59-62-65-68-74(77)80-71-72(81-75(78)69-66-63-60-57-54-51-48-45-41-33-30-27-24-21-18-15-12-9-6-3)70-79-73(76)67-64-61-58-55-52-49-46-43-40-32-29-26-23-20-17-14-11-8-5-2/h7,10,16,18-19,21,25-30,34-35,72H,4-6,8-9,11-15,17,20,22-24,31-33,36-71H2,1-3H3/b10-7-,19-16-,21-18-,28-25-,29-26-,30-27-,35-34-. The third kappa shape index (κ3) is 67.3. The molecule has 0 fully saturated rings. The summed E-state index contributed by atoms with van der Waals surface area (Å²) in [5, 5.41) is 0. The average Bonchev–Trinajstić information content (AvgIpc) is 3.47. The van der Waals surface area contributed by atoms with E-state index in [0.29, 0.717) is 19.3 Å². The summed E-state index contributed by atoms with van der Waals surface area (Å²) in [5.41, 5.74) is 0. The molecule has 0 heterocycles. The SMILES string of the molecule is CC/C=C\C/C=C\C/C=C\C/C=C\CCCCCCCCCCCCCCC(=O)OCC(COC(=O)CCCCCCCCCCC/C=C\CCCCCCCC)OC(=O)CCCCCCCCCCC/C=C\C/C=C\CCCCC. The number of esters is 3. The molecule has 0 amide bonds. The van der Waals surface area contributed by atoms with E-state index in [1.54, 1.807) is 0 Å². The first kappa shape index (κ1) is 77.6. The summed E-state index contributed by atoms with van der Waals surface area (Å²) in [7, 11) is 0. The molecular formula is C75H132O6. The maximum Gasteiger partial charge on any atom is 0.306 e. The quantitative estimate of drug-likeness (QED) is 0.0261. The summed E-state index contributed by atoms with van der Waals surface area (Å²) in [6.07, 6.45) is 91.7. The van der Waals surface area contributed by atoms with Crippen molar-refractivity contribution in [2.75, 3.05) is 13.2 Å². The Hall–Kier alpha value is -3.41. The Kier molecular flexibility index (Phi) is 66.2. The fourth-order valence-corrected chi connectivity index (χ4v) is 10.1. The van der Waals surface area contributed by atoms with Gasteiger partial charge in [-0.3, -0.25) is 14.4 Å². The molecular weight excluding hydrogens is 997 g/mol. The Labute approximate surface area is 503 Å². The summed E-state index contributed by atoms with van der Waals surface area (Å²) in [5.74, 6) is -0.866. The van der Waals surface area contributed by atoms with E-state index in [1.165, 1.54) is 225 Å². The molecule has 0 saturated heterocycles. The second-order valence-corrected chi connectivity index (χ2v) is 23.4. The molecule has 0 bridgehead atoms. The highest BCUT2D eigenvalue weighted by Crippen LogP contribution is 2.17. The average molecular weight is 1130 g/mol. The summed E-state index contributed by atoms with van der Waals surface area (Å²) in [6.45, 7) is 6.54. The largest absolute Gasteiger partial charge is 0.462 e. The highest BCUT2D eigenvalue weighted by molar-refractivity contribution is 5.71. The van der Waals surface area contributed by atoms with Crippen molar-refractivity contribution in [3.05, 3.63) is 85.1 Å². The van der Waals surface area contributed by atoms with Crippen LogP contribution in [-0.2, 0) is 28.6 Å². The van der Waals surface area contributed by atoms with Gasteiger partial charge in [-0.25, -0.2) is 0 Å². The van der Waals surface area contributed by atoms with Gasteiger partial charge in [0.1, 0.15) is 13.2 Å². The molecule has 0 spiro atoms. The molecule has 6 nitrogen and oxygen atoms in total. The zero-order valence-electron chi connectivity index (χ0n) is 53.8. The van der Waals surface area contributed by atoms with Gasteiger partial charge in [0.25, 0.3) is 0 Å². The van der Waals surface area contributed by atoms with Crippen molar-refractivity contribution in [3.63, 3.8) is 0 Å². The van der Waals surface area contributed by atoms with Crippen LogP contribution in [0.1, 0.15) is 355 Å². The number of hydrogen-bond acceptors (Lipinski definition) is 6. The molecule has 81 heavy (non-hydrogen) atoms. The highest BCUT2D eigenvalue weighted by Gasteiger charge is 2.19. The van der Waals surface area contributed by atoms with Gasteiger partial charge in [0.2, 0.25) is 0 Å². The number of rotatable bonds is 64. The molecule has 0 saturated carbocycles. The first-order valence-electron chi connectivity index (χ1n) is 35.1. The fraction of sp³-hybridized carbons (Fsp3) is 0.773. The van der Waals surface area contributed by atoms with Crippen LogP contribution in [0.25, 0.3) is 0 Å². The van der Waals surface area contributed by atoms with Crippen molar-refractivity contribution in [1.29, 1.82) is 0 Å². The second kappa shape index (κ2) is 69.1. The van der Waals surface area contributed by atoms with Crippen LogP contribution in [0.15, 0.2) is 85.1 Å². The van der Waals surface area contributed by atoms with Gasteiger partial charge in [0.15, 0.2) is 6.10 Å². The van der Waals surface area contributed by atoms with Gasteiger partial charge in [0, 0.05) is 19.3 Å². The molecule has 1 unspecified atom stereocenters. The van der Waals surface area contributed by atoms with Gasteiger partial charge in [-0.15, -0.1) is 0 Å². The first-order chi connectivity index (χ1) is 40.0. The van der Waals surface area contributed by atoms with E-state index in [1.807, 2.05) is 0 Å². The monoisotopic (exact) mass is 1130 g/mol. The fourth-order valence-electron chi connectivity index (χ4n) is 10.1. The molecule has 0 aliphatic carbocycles. The minimum atomic E-state index is -0.782. The predicted octanol–water partition coefficient (Wildman–Crippen LogP) is 24.2. The van der Waals surface area contributed by atoms with Gasteiger partial charge >= 0.3 is 17.9 Å². The molecule has 0 aromatic rings. The summed E-state index contributed by atoms with van der Waals surface area (Å²) < 4.78 is 17.0. The third-order valence-corrected chi connectivity index (χ3v) is 15.4. The van der Waals surface area contributed by atoms with E-state index in [4.69, 9.17) is 14.2 Å². The minimum absolute atomic E-state index is 0.0771. The minimum Gasteiger partial charge on any atom is -0.462 e. The molecule has 0 radical (unpaired) electrons. The van der Waals surface area contributed by atoms with Crippen LogP contribution in [0.2, 0.25) is 0 Å². The summed E-state index contributed by atoms with van der Waals surface area (Å²) in [6, 6.07) is 0. The number of allylic oxidation sites excluding steroid dienone is 14. The van der Waals surface area contributed by atoms with Gasteiger partial charge < -0.3 is 14.2 Å². The molecule has 6 heteroatoms. The van der Waals surface area contributed by atoms with Crippen LogP contribution in [-0.4, -0.2) is 37.2 Å². The van der Waals surface area contributed by atoms with Crippen LogP contribution in [0.3, 0.4) is 0 Å². The first-order valence-corrected chi connectivity index (χ1v) is 35.1. The van der Waals surface area contributed by atoms with Crippen molar-refractivity contribution in [2.45, 2.75) is 361 Å². The number of hydrogen-bond donors (Lipinski definition) is 0. The molecule has 1 atom stereocenters. The van der Waals surface area contributed by atoms with E-state index in [2.05, 4.69) is 106 Å². The molecule has 0 aromatic heterocycles. The lowest BCUT2D eigenvalue weighted by atomic mass is 10.0. The molecule has 0 N–H and O–H groups in total. The van der Waals surface area contributed by atoms with Crippen molar-refractivity contribution in [1.82, 2.24) is 0 Å². The molecule has 0 aliphatic heterocycles. The van der Waals surface area contributed by atoms with Crippen molar-refractivity contribution in [3.8, 4) is 0 Å². The summed E-state index contributed by atoms with van der Waals surface area (Å²) in [4.78, 5) is 38.5. The van der Waals surface area contributed by atoms with Crippen molar-refractivity contribution >= 4 is 17.9 Å². The number of ether oxygens (including phenoxy) is 3. The molecule has 0 rings (SSSR count). The van der Waals surface area contributed by atoms with E-state index in [9.17, 15) is 14.4 Å². The third-order valence-electron chi connectivity index (χ3n) is 15.4. The van der Waals surface area contributed by atoms with E-state index >= 15 is 0 Å². The second-order valence-electron chi connectivity index (χ2n) is 23.4. The van der Waals surface area contributed by atoms with Crippen LogP contribution in [0, 0.1) is 0 Å². The topological polar surface area (TPSA) is 78.9 Å². The van der Waals surface area contributed by atoms with E-state index in [-0.39, 0.29) is 31.1 Å². The molecule has 0 aromatic carbocycles. The number of carbonyl (C=O) groups excluding carboxylic acids is 3. The van der Waals surface area contributed by atoms with Crippen molar-refractivity contribution in [2.24, 2.45) is 0 Å². The summed E-state index contributed by atoms with van der Waals surface area (Å²) >= 11 is 0. The van der Waals surface area contributed by atoms with Crippen molar-refractivity contribution < 1.29 is 28.6 Å². The molecule has 468 valence electrons. The number of unbranched alkanes of at least 4 members (excludes halogenated alkanes) is 39. The maximum atomic E-state index is 13.0. The molecule has 0 aliphatic rings. The van der Waals surface area contributed by atoms with Crippen LogP contribution in [0.5, 0.6) is 0 Å². The van der Waals surface area contributed by atoms with Gasteiger partial charge in [-0.05, 0) is 116 Å². The lowest BCUT2D eigenvalue weighted by molar-refractivity contribution is -0.167. The van der Waals surface area contributed by atoms with Crippen LogP contribution < -0.4 is 0 Å². The Morgan fingerprint density at radius 2 is 0.481 bits per heavy atom. The highest BCUT2D eigenvalue weighted by atomic mass is 16.6. The van der Waals surface area contributed by atoms with Crippen LogP contribution >= 0.6 is 0 Å². The zero-order valence-corrected chi connectivity index (χ0v) is 53.8. The maximum absolute atomic E-state index is 13.0. The zero-order chi connectivity index (χ0) is 58.5. The lowest BCUT2D eigenvalue weighted by Gasteiger charge is -2.18. The van der Waals surface area contributed by atoms with E-state index < -0.39 is 6.10 Å². The normalized spacial score (nSPS) is 12.6. The lowest BCUT2D eigenvalue weighted by Crippen LogP contribution is -2.30. The van der Waals surface area contributed by atoms with Gasteiger partial charge in [-0.1, -0.05) is 305 Å². The number of carbonyl (C=O) groups is 3. The van der Waals surface area contributed by atoms with Gasteiger partial charge in [0.05, 0.1) is 0 Å². The Bertz CT molecular complexity index is 1530. The van der Waals surface area contributed by atoms with Gasteiger partial charge in [-0.2, -0.15) is 0 Å².